The van der Waals surface area contributed by atoms with Gasteiger partial charge in [-0.05, 0) is 51.9 Å². The molecule has 5 nitrogen and oxygen atoms in total. The fourth-order valence-corrected chi connectivity index (χ4v) is 4.58. The first kappa shape index (κ1) is 22.4. The summed E-state index contributed by atoms with van der Waals surface area (Å²) in [4.78, 5) is 27.0. The second kappa shape index (κ2) is 9.12. The van der Waals surface area contributed by atoms with Crippen LogP contribution in [0.3, 0.4) is 0 Å². The second-order valence-corrected chi connectivity index (χ2v) is 8.66. The van der Waals surface area contributed by atoms with Crippen molar-refractivity contribution in [2.24, 2.45) is 0 Å². The van der Waals surface area contributed by atoms with E-state index in [1.54, 1.807) is 42.5 Å². The van der Waals surface area contributed by atoms with Gasteiger partial charge in [-0.15, -0.1) is 0 Å². The Kier molecular flexibility index (Phi) is 5.85. The van der Waals surface area contributed by atoms with Crippen molar-refractivity contribution in [1.82, 2.24) is 4.98 Å². The van der Waals surface area contributed by atoms with Crippen LogP contribution in [0.5, 0.6) is 5.75 Å². The van der Waals surface area contributed by atoms with Crippen molar-refractivity contribution in [3.05, 3.63) is 112 Å². The predicted molar refractivity (Wildman–Crippen MR) is 139 cm³/mol. The van der Waals surface area contributed by atoms with Crippen LogP contribution in [0.4, 0.5) is 0 Å². The monoisotopic (exact) mass is 481 g/mol. The summed E-state index contributed by atoms with van der Waals surface area (Å²) in [6, 6.07) is 27.3. The largest absolute Gasteiger partial charge is 0.507 e. The van der Waals surface area contributed by atoms with E-state index in [2.05, 4.69) is 4.98 Å². The quantitative estimate of drug-likeness (QED) is 0.266. The van der Waals surface area contributed by atoms with Crippen LogP contribution >= 0.6 is 11.6 Å². The van der Waals surface area contributed by atoms with E-state index in [-0.39, 0.29) is 17.7 Å². The first-order valence-electron chi connectivity index (χ1n) is 11.0. The van der Waals surface area contributed by atoms with E-state index in [1.165, 1.54) is 0 Å². The number of rotatable bonds is 5. The molecular formula is C29H20ClNO4. The number of aromatic amines is 1. The molecule has 5 rings (SSSR count). The van der Waals surface area contributed by atoms with E-state index < -0.39 is 5.97 Å². The molecule has 1 heterocycles. The number of nitrogens with one attached hydrogen (secondary N) is 1. The molecule has 4 aromatic carbocycles. The summed E-state index contributed by atoms with van der Waals surface area (Å²) in [5.41, 5.74) is 4.79. The number of aromatic hydroxyl groups is 1. The molecular weight excluding hydrogens is 462 g/mol. The predicted octanol–water partition coefficient (Wildman–Crippen LogP) is 6.52. The Labute approximate surface area is 205 Å². The summed E-state index contributed by atoms with van der Waals surface area (Å²) in [5, 5.41) is 21.1. The number of H-pyrrole nitrogens is 1. The topological polar surface area (TPSA) is 90.4 Å². The van der Waals surface area contributed by atoms with Gasteiger partial charge in [0.15, 0.2) is 0 Å². The smallest absolute Gasteiger partial charge is 0.307 e. The van der Waals surface area contributed by atoms with Crippen molar-refractivity contribution in [3.63, 3.8) is 0 Å². The normalized spacial score (nSPS) is 11.0. The van der Waals surface area contributed by atoms with Gasteiger partial charge in [-0.3, -0.25) is 9.59 Å². The van der Waals surface area contributed by atoms with Gasteiger partial charge < -0.3 is 15.2 Å². The molecule has 35 heavy (non-hydrogen) atoms. The molecule has 0 saturated carbocycles. The fraction of sp³-hybridized carbons (Fsp3) is 0.0345. The number of fused-ring (bicyclic) bond motifs is 1. The lowest BCUT2D eigenvalue weighted by atomic mass is 9.95. The molecule has 6 heteroatoms. The average Bonchev–Trinajstić information content (AvgIpc) is 2.84. The number of carboxylic acids is 1. The lowest BCUT2D eigenvalue weighted by Gasteiger charge is -2.12. The Morgan fingerprint density at radius 2 is 1.49 bits per heavy atom. The SMILES string of the molecule is O=C(O)Cc1ccccc1-c1cc2cc(-c3ccc(-c4ccccc4)c(O)c3)c(Cl)cc2[nH]c1=O. The van der Waals surface area contributed by atoms with Crippen LogP contribution in [-0.4, -0.2) is 21.2 Å². The summed E-state index contributed by atoms with van der Waals surface area (Å²) in [7, 11) is 0. The maximum atomic E-state index is 12.9. The standard InChI is InChI=1S/C29H20ClNO4/c30-25-16-26-20(13-24(29(35)31-26)21-9-5-4-8-18(21)15-28(33)34)12-23(25)19-10-11-22(27(32)14-19)17-6-2-1-3-7-17/h1-14,16,32H,15H2,(H,31,35)(H,33,34). The first-order valence-corrected chi connectivity index (χ1v) is 11.3. The lowest BCUT2D eigenvalue weighted by molar-refractivity contribution is -0.136. The highest BCUT2D eigenvalue weighted by Gasteiger charge is 2.15. The number of carbonyl (C=O) groups is 1. The number of aliphatic carboxylic acids is 1. The Hall–Kier alpha value is -4.35. The van der Waals surface area contributed by atoms with Crippen molar-refractivity contribution in [2.75, 3.05) is 0 Å². The molecule has 0 saturated heterocycles. The van der Waals surface area contributed by atoms with Gasteiger partial charge in [0.2, 0.25) is 0 Å². The number of phenols is 1. The van der Waals surface area contributed by atoms with E-state index in [9.17, 15) is 19.8 Å². The third-order valence-corrected chi connectivity index (χ3v) is 6.29. The van der Waals surface area contributed by atoms with E-state index in [4.69, 9.17) is 11.6 Å². The highest BCUT2D eigenvalue weighted by molar-refractivity contribution is 6.34. The second-order valence-electron chi connectivity index (χ2n) is 8.26. The highest BCUT2D eigenvalue weighted by Crippen LogP contribution is 2.37. The first-order chi connectivity index (χ1) is 16.9. The van der Waals surface area contributed by atoms with Crippen molar-refractivity contribution in [3.8, 4) is 39.1 Å². The van der Waals surface area contributed by atoms with Crippen molar-refractivity contribution < 1.29 is 15.0 Å². The van der Waals surface area contributed by atoms with Crippen LogP contribution in [0.25, 0.3) is 44.3 Å². The number of phenolic OH excluding ortho intramolecular Hbond substituents is 1. The molecule has 0 fully saturated rings. The molecule has 1 aromatic heterocycles. The molecule has 0 aliphatic heterocycles. The van der Waals surface area contributed by atoms with Gasteiger partial charge in [-0.2, -0.15) is 0 Å². The van der Waals surface area contributed by atoms with Gasteiger partial charge in [0, 0.05) is 22.2 Å². The summed E-state index contributed by atoms with van der Waals surface area (Å²) in [6.07, 6.45) is -0.188. The number of halogens is 1. The molecule has 0 aliphatic rings. The van der Waals surface area contributed by atoms with E-state index >= 15 is 0 Å². The zero-order valence-electron chi connectivity index (χ0n) is 18.5. The van der Waals surface area contributed by atoms with E-state index in [0.29, 0.717) is 38.4 Å². The zero-order valence-corrected chi connectivity index (χ0v) is 19.2. The highest BCUT2D eigenvalue weighted by atomic mass is 35.5. The molecule has 172 valence electrons. The minimum atomic E-state index is -0.970. The lowest BCUT2D eigenvalue weighted by Crippen LogP contribution is -2.11. The summed E-state index contributed by atoms with van der Waals surface area (Å²) < 4.78 is 0. The molecule has 0 bridgehead atoms. The molecule has 3 N–H and O–H groups in total. The van der Waals surface area contributed by atoms with Gasteiger partial charge in [0.1, 0.15) is 5.75 Å². The summed E-state index contributed by atoms with van der Waals surface area (Å²) >= 11 is 6.57. The van der Waals surface area contributed by atoms with Gasteiger partial charge in [0.25, 0.3) is 5.56 Å². The van der Waals surface area contributed by atoms with E-state index in [1.807, 2.05) is 48.5 Å². The fourth-order valence-electron chi connectivity index (χ4n) is 4.31. The van der Waals surface area contributed by atoms with Gasteiger partial charge in [-0.25, -0.2) is 0 Å². The third-order valence-electron chi connectivity index (χ3n) is 5.97. The number of pyridine rings is 1. The molecule has 0 unspecified atom stereocenters. The Morgan fingerprint density at radius 1 is 0.771 bits per heavy atom. The Morgan fingerprint density at radius 3 is 2.23 bits per heavy atom. The maximum absolute atomic E-state index is 12.9. The Bertz CT molecular complexity index is 1640. The van der Waals surface area contributed by atoms with Crippen LogP contribution in [-0.2, 0) is 11.2 Å². The van der Waals surface area contributed by atoms with E-state index in [0.717, 1.165) is 16.5 Å². The van der Waals surface area contributed by atoms with Crippen LogP contribution < -0.4 is 5.56 Å². The summed E-state index contributed by atoms with van der Waals surface area (Å²) in [6.45, 7) is 0. The zero-order chi connectivity index (χ0) is 24.5. The number of benzene rings is 4. The van der Waals surface area contributed by atoms with Gasteiger partial charge in [-0.1, -0.05) is 78.3 Å². The maximum Gasteiger partial charge on any atom is 0.307 e. The number of hydrogen-bond donors (Lipinski definition) is 3. The van der Waals surface area contributed by atoms with Crippen LogP contribution in [0.15, 0.2) is 95.8 Å². The van der Waals surface area contributed by atoms with Gasteiger partial charge in [0.05, 0.1) is 11.4 Å². The molecule has 5 aromatic rings. The minimum Gasteiger partial charge on any atom is -0.507 e. The average molecular weight is 482 g/mol. The van der Waals surface area contributed by atoms with Crippen LogP contribution in [0.2, 0.25) is 5.02 Å². The number of hydrogen-bond acceptors (Lipinski definition) is 3. The third kappa shape index (κ3) is 4.42. The molecule has 0 radical (unpaired) electrons. The van der Waals surface area contributed by atoms with Crippen molar-refractivity contribution in [1.29, 1.82) is 0 Å². The molecule has 0 atom stereocenters. The molecule has 0 spiro atoms. The number of aromatic nitrogens is 1. The Balaban J connectivity index is 1.62. The molecule has 0 aliphatic carbocycles. The van der Waals surface area contributed by atoms with Crippen molar-refractivity contribution >= 4 is 28.5 Å². The van der Waals surface area contributed by atoms with Crippen LogP contribution in [0.1, 0.15) is 5.56 Å². The minimum absolute atomic E-state index is 0.134. The number of carboxylic acid groups (broad SMARTS) is 1. The van der Waals surface area contributed by atoms with Crippen LogP contribution in [0, 0.1) is 0 Å². The summed E-state index contributed by atoms with van der Waals surface area (Å²) in [5.74, 6) is -0.836. The van der Waals surface area contributed by atoms with Gasteiger partial charge >= 0.3 is 5.97 Å². The molecule has 0 amide bonds. The van der Waals surface area contributed by atoms with Crippen molar-refractivity contribution in [2.45, 2.75) is 6.42 Å².